The van der Waals surface area contributed by atoms with Crippen LogP contribution in [0.2, 0.25) is 0 Å². The Kier molecular flexibility index (Phi) is 12.4. The van der Waals surface area contributed by atoms with Crippen molar-refractivity contribution in [3.63, 3.8) is 0 Å². The topological polar surface area (TPSA) is 76.1 Å². The van der Waals surface area contributed by atoms with Gasteiger partial charge in [0, 0.05) is 38.5 Å². The van der Waals surface area contributed by atoms with Crippen molar-refractivity contribution in [2.75, 3.05) is 26.4 Å². The normalized spacial score (nSPS) is 14.8. The summed E-state index contributed by atoms with van der Waals surface area (Å²) in [6.45, 7) is 10.2. The van der Waals surface area contributed by atoms with E-state index in [0.29, 0.717) is 19.8 Å². The van der Waals surface area contributed by atoms with E-state index in [1.807, 2.05) is 27.7 Å². The lowest BCUT2D eigenvalue weighted by Crippen LogP contribution is -2.30. The fraction of sp³-hybridized carbons (Fsp3) is 0.826. The summed E-state index contributed by atoms with van der Waals surface area (Å²) in [5.74, 6) is -0.403. The standard InChI is InChI=1S/C23H41NO5/c1-19(2)28-17-13-23(12-16-25,14-18-29-20(3)4)11-7-5-6-8-15-24-21(26)9-10-22(24)27/h9-10,19-20,25H,5-8,11-18H2,1-4H3. The highest BCUT2D eigenvalue weighted by atomic mass is 16.5. The van der Waals surface area contributed by atoms with Crippen LogP contribution in [0.5, 0.6) is 0 Å². The predicted molar refractivity (Wildman–Crippen MR) is 114 cm³/mol. The number of hydrogen-bond donors (Lipinski definition) is 1. The summed E-state index contributed by atoms with van der Waals surface area (Å²) in [4.78, 5) is 24.5. The molecule has 6 nitrogen and oxygen atoms in total. The summed E-state index contributed by atoms with van der Waals surface area (Å²) >= 11 is 0. The van der Waals surface area contributed by atoms with E-state index in [1.165, 1.54) is 17.1 Å². The number of unbranched alkanes of at least 4 members (excludes halogenated alkanes) is 3. The lowest BCUT2D eigenvalue weighted by molar-refractivity contribution is -0.136. The van der Waals surface area contributed by atoms with Crippen LogP contribution in [-0.2, 0) is 19.1 Å². The number of ether oxygens (including phenoxy) is 2. The Balaban J connectivity index is 2.44. The Morgan fingerprint density at radius 3 is 1.83 bits per heavy atom. The molecule has 0 spiro atoms. The zero-order valence-corrected chi connectivity index (χ0v) is 18.8. The monoisotopic (exact) mass is 411 g/mol. The number of carbonyl (C=O) groups is 2. The van der Waals surface area contributed by atoms with Gasteiger partial charge < -0.3 is 14.6 Å². The Labute approximate surface area is 176 Å². The van der Waals surface area contributed by atoms with Crippen LogP contribution >= 0.6 is 0 Å². The molecule has 0 aliphatic carbocycles. The van der Waals surface area contributed by atoms with E-state index < -0.39 is 0 Å². The molecule has 1 rings (SSSR count). The molecule has 2 amide bonds. The quantitative estimate of drug-likeness (QED) is 0.290. The lowest BCUT2D eigenvalue weighted by atomic mass is 9.74. The lowest BCUT2D eigenvalue weighted by Gasteiger charge is -2.34. The van der Waals surface area contributed by atoms with Gasteiger partial charge in [-0.15, -0.1) is 0 Å². The van der Waals surface area contributed by atoms with E-state index in [9.17, 15) is 14.7 Å². The van der Waals surface area contributed by atoms with Crippen LogP contribution in [0.3, 0.4) is 0 Å². The number of imide groups is 1. The Morgan fingerprint density at radius 2 is 1.34 bits per heavy atom. The molecular weight excluding hydrogens is 370 g/mol. The molecule has 6 heteroatoms. The predicted octanol–water partition coefficient (Wildman–Crippen LogP) is 3.86. The molecule has 1 aliphatic heterocycles. The number of rotatable bonds is 17. The highest BCUT2D eigenvalue weighted by Gasteiger charge is 2.29. The Hall–Kier alpha value is -1.24. The summed E-state index contributed by atoms with van der Waals surface area (Å²) in [5, 5.41) is 9.67. The number of carbonyl (C=O) groups excluding carboxylic acids is 2. The van der Waals surface area contributed by atoms with Crippen LogP contribution in [0.15, 0.2) is 12.2 Å². The minimum atomic E-state index is -0.202. The fourth-order valence-electron chi connectivity index (χ4n) is 3.78. The van der Waals surface area contributed by atoms with E-state index in [0.717, 1.165) is 51.4 Å². The van der Waals surface area contributed by atoms with Crippen molar-refractivity contribution in [2.45, 2.75) is 91.3 Å². The van der Waals surface area contributed by atoms with Crippen molar-refractivity contribution in [1.29, 1.82) is 0 Å². The highest BCUT2D eigenvalue weighted by Crippen LogP contribution is 2.37. The number of hydrogen-bond acceptors (Lipinski definition) is 5. The van der Waals surface area contributed by atoms with Crippen molar-refractivity contribution in [2.24, 2.45) is 5.41 Å². The molecule has 0 radical (unpaired) electrons. The van der Waals surface area contributed by atoms with Gasteiger partial charge in [-0.05, 0) is 65.2 Å². The second kappa shape index (κ2) is 13.9. The van der Waals surface area contributed by atoms with Gasteiger partial charge in [0.2, 0.25) is 0 Å². The third-order valence-corrected chi connectivity index (χ3v) is 5.55. The van der Waals surface area contributed by atoms with E-state index in [-0.39, 0.29) is 36.0 Å². The maximum Gasteiger partial charge on any atom is 0.253 e. The number of aliphatic hydroxyl groups excluding tert-OH is 1. The molecule has 0 saturated carbocycles. The Bertz CT molecular complexity index is 483. The van der Waals surface area contributed by atoms with Gasteiger partial charge in [0.05, 0.1) is 12.2 Å². The van der Waals surface area contributed by atoms with Gasteiger partial charge in [-0.3, -0.25) is 14.5 Å². The van der Waals surface area contributed by atoms with Crippen LogP contribution in [0.25, 0.3) is 0 Å². The van der Waals surface area contributed by atoms with E-state index in [1.54, 1.807) is 0 Å². The minimum Gasteiger partial charge on any atom is -0.396 e. The summed E-state index contributed by atoms with van der Waals surface area (Å²) in [6.07, 6.45) is 10.7. The van der Waals surface area contributed by atoms with Crippen molar-refractivity contribution >= 4 is 11.8 Å². The average Bonchev–Trinajstić information content (AvgIpc) is 2.96. The zero-order valence-electron chi connectivity index (χ0n) is 18.8. The van der Waals surface area contributed by atoms with Crippen molar-refractivity contribution in [1.82, 2.24) is 4.90 Å². The third-order valence-electron chi connectivity index (χ3n) is 5.55. The van der Waals surface area contributed by atoms with Crippen LogP contribution in [0, 0.1) is 5.41 Å². The summed E-state index contributed by atoms with van der Waals surface area (Å²) in [6, 6.07) is 0. The van der Waals surface area contributed by atoms with E-state index in [2.05, 4.69) is 0 Å². The van der Waals surface area contributed by atoms with Gasteiger partial charge in [-0.1, -0.05) is 19.3 Å². The largest absolute Gasteiger partial charge is 0.396 e. The van der Waals surface area contributed by atoms with Crippen molar-refractivity contribution in [3.05, 3.63) is 12.2 Å². The summed E-state index contributed by atoms with van der Waals surface area (Å²) in [7, 11) is 0. The molecule has 0 unspecified atom stereocenters. The molecule has 1 N–H and O–H groups in total. The van der Waals surface area contributed by atoms with Crippen LogP contribution in [-0.4, -0.2) is 60.4 Å². The number of aliphatic hydroxyl groups is 1. The molecule has 0 saturated heterocycles. The van der Waals surface area contributed by atoms with E-state index >= 15 is 0 Å². The molecule has 0 aromatic heterocycles. The van der Waals surface area contributed by atoms with Crippen molar-refractivity contribution in [3.8, 4) is 0 Å². The number of amides is 2. The second-order valence-corrected chi connectivity index (χ2v) is 8.64. The van der Waals surface area contributed by atoms with Gasteiger partial charge >= 0.3 is 0 Å². The van der Waals surface area contributed by atoms with Crippen molar-refractivity contribution < 1.29 is 24.2 Å². The SMILES string of the molecule is CC(C)OCCC(CCO)(CCCCCCN1C(=O)C=CC1=O)CCOC(C)C. The number of nitrogens with zero attached hydrogens (tertiary/aromatic N) is 1. The maximum atomic E-state index is 11.6. The van der Waals surface area contributed by atoms with Gasteiger partial charge in [-0.25, -0.2) is 0 Å². The van der Waals surface area contributed by atoms with Crippen LogP contribution in [0.4, 0.5) is 0 Å². The third kappa shape index (κ3) is 10.4. The molecule has 0 bridgehead atoms. The molecule has 0 fully saturated rings. The van der Waals surface area contributed by atoms with E-state index in [4.69, 9.17) is 9.47 Å². The van der Waals surface area contributed by atoms with Gasteiger partial charge in [-0.2, -0.15) is 0 Å². The van der Waals surface area contributed by atoms with Gasteiger partial charge in [0.1, 0.15) is 0 Å². The molecule has 0 aromatic rings. The molecular formula is C23H41NO5. The summed E-state index contributed by atoms with van der Waals surface area (Å²) in [5.41, 5.74) is 0.0311. The van der Waals surface area contributed by atoms with Crippen LogP contribution < -0.4 is 0 Å². The van der Waals surface area contributed by atoms with Gasteiger partial charge in [0.15, 0.2) is 0 Å². The molecule has 0 aromatic carbocycles. The molecule has 0 atom stereocenters. The average molecular weight is 412 g/mol. The first-order chi connectivity index (χ1) is 13.8. The fourth-order valence-corrected chi connectivity index (χ4v) is 3.78. The second-order valence-electron chi connectivity index (χ2n) is 8.64. The Morgan fingerprint density at radius 1 is 0.828 bits per heavy atom. The molecule has 1 heterocycles. The first-order valence-electron chi connectivity index (χ1n) is 11.2. The van der Waals surface area contributed by atoms with Crippen LogP contribution in [0.1, 0.15) is 79.1 Å². The molecule has 168 valence electrons. The first-order valence-corrected chi connectivity index (χ1v) is 11.2. The minimum absolute atomic E-state index is 0.0311. The summed E-state index contributed by atoms with van der Waals surface area (Å²) < 4.78 is 11.6. The molecule has 29 heavy (non-hydrogen) atoms. The van der Waals surface area contributed by atoms with Gasteiger partial charge in [0.25, 0.3) is 11.8 Å². The highest BCUT2D eigenvalue weighted by molar-refractivity contribution is 6.12. The zero-order chi connectivity index (χ0) is 21.7. The maximum absolute atomic E-state index is 11.6. The first kappa shape index (κ1) is 25.8. The molecule has 1 aliphatic rings. The smallest absolute Gasteiger partial charge is 0.253 e.